The Labute approximate surface area is 228 Å². The number of benzene rings is 2. The number of hydrogen-bond acceptors (Lipinski definition) is 9. The van der Waals surface area contributed by atoms with Crippen molar-refractivity contribution in [2.24, 2.45) is 5.92 Å². The number of morpholine rings is 1. The van der Waals surface area contributed by atoms with Gasteiger partial charge in [0, 0.05) is 30.3 Å². The van der Waals surface area contributed by atoms with Gasteiger partial charge in [-0.05, 0) is 51.1 Å². The van der Waals surface area contributed by atoms with Gasteiger partial charge in [-0.15, -0.1) is 0 Å². The molecule has 2 fully saturated rings. The molecule has 0 radical (unpaired) electrons. The number of carbonyl (C=O) groups is 1. The summed E-state index contributed by atoms with van der Waals surface area (Å²) < 4.78 is 43.9. The molecule has 1 N–H and O–H groups in total. The topological polar surface area (TPSA) is 127 Å². The van der Waals surface area contributed by atoms with E-state index in [0.717, 1.165) is 5.56 Å². The Morgan fingerprint density at radius 3 is 2.49 bits per heavy atom. The minimum Gasteiger partial charge on any atom is -0.495 e. The third-order valence-corrected chi connectivity index (χ3v) is 9.03. The number of carbonyl (C=O) groups excluding carboxylic acids is 1. The number of ether oxygens (including phenoxy) is 2. The first-order valence-electron chi connectivity index (χ1n) is 13.0. The molecule has 0 bridgehead atoms. The number of hydrogen-bond donors (Lipinski definition) is 1. The summed E-state index contributed by atoms with van der Waals surface area (Å²) >= 11 is 0. The summed E-state index contributed by atoms with van der Waals surface area (Å²) in [4.78, 5) is 19.8. The van der Waals surface area contributed by atoms with Crippen LogP contribution in [-0.4, -0.2) is 80.2 Å². The second-order valence-electron chi connectivity index (χ2n) is 9.80. The first-order chi connectivity index (χ1) is 18.8. The Morgan fingerprint density at radius 2 is 1.79 bits per heavy atom. The van der Waals surface area contributed by atoms with Crippen molar-refractivity contribution in [3.63, 3.8) is 0 Å². The van der Waals surface area contributed by atoms with Crippen LogP contribution in [0.3, 0.4) is 0 Å². The van der Waals surface area contributed by atoms with Crippen LogP contribution >= 0.6 is 0 Å². The number of nitrogens with zero attached hydrogens (tertiary/aromatic N) is 4. The first-order valence-corrected chi connectivity index (χ1v) is 14.5. The van der Waals surface area contributed by atoms with Gasteiger partial charge in [0.15, 0.2) is 0 Å². The van der Waals surface area contributed by atoms with Crippen LogP contribution in [-0.2, 0) is 26.1 Å². The van der Waals surface area contributed by atoms with Gasteiger partial charge in [0.1, 0.15) is 10.6 Å². The minimum atomic E-state index is -3.79. The zero-order valence-corrected chi connectivity index (χ0v) is 22.9. The maximum atomic E-state index is 13.2. The van der Waals surface area contributed by atoms with Gasteiger partial charge in [-0.2, -0.15) is 9.29 Å². The molecule has 5 rings (SSSR count). The van der Waals surface area contributed by atoms with Crippen LogP contribution < -0.4 is 10.1 Å². The van der Waals surface area contributed by atoms with Crippen molar-refractivity contribution in [2.45, 2.75) is 31.2 Å². The quantitative estimate of drug-likeness (QED) is 0.446. The third kappa shape index (κ3) is 6.30. The molecule has 39 heavy (non-hydrogen) atoms. The molecule has 208 valence electrons. The van der Waals surface area contributed by atoms with Crippen LogP contribution in [0.15, 0.2) is 51.9 Å². The Morgan fingerprint density at radius 1 is 1.08 bits per heavy atom. The zero-order chi connectivity index (χ0) is 27.4. The van der Waals surface area contributed by atoms with E-state index in [2.05, 4.69) is 20.4 Å². The number of nitrogens with one attached hydrogen (secondary N) is 1. The molecule has 3 heterocycles. The Kier molecular flexibility index (Phi) is 8.26. The van der Waals surface area contributed by atoms with Crippen molar-refractivity contribution >= 4 is 21.6 Å². The number of methoxy groups -OCH3 is 1. The second kappa shape index (κ2) is 11.8. The molecule has 0 aliphatic carbocycles. The second-order valence-corrected chi connectivity index (χ2v) is 11.7. The lowest BCUT2D eigenvalue weighted by molar-refractivity contribution is -0.121. The molecule has 0 spiro atoms. The zero-order valence-electron chi connectivity index (χ0n) is 22.1. The van der Waals surface area contributed by atoms with Crippen molar-refractivity contribution < 1.29 is 27.2 Å². The molecule has 2 aromatic carbocycles. The monoisotopic (exact) mass is 555 g/mol. The highest BCUT2D eigenvalue weighted by Crippen LogP contribution is 2.31. The van der Waals surface area contributed by atoms with Crippen LogP contribution in [0.1, 0.15) is 24.3 Å². The van der Waals surface area contributed by atoms with Crippen molar-refractivity contribution in [1.82, 2.24) is 19.3 Å². The van der Waals surface area contributed by atoms with E-state index < -0.39 is 10.0 Å². The van der Waals surface area contributed by atoms with E-state index in [1.54, 1.807) is 12.1 Å². The van der Waals surface area contributed by atoms with Gasteiger partial charge in [0.2, 0.25) is 27.6 Å². The molecule has 2 aliphatic rings. The maximum absolute atomic E-state index is 13.2. The predicted molar refractivity (Wildman–Crippen MR) is 144 cm³/mol. The summed E-state index contributed by atoms with van der Waals surface area (Å²) in [6.07, 6.45) is 1.33. The molecule has 3 aromatic rings. The number of anilines is 1. The number of amides is 1. The van der Waals surface area contributed by atoms with E-state index >= 15 is 0 Å². The van der Waals surface area contributed by atoms with E-state index in [1.807, 2.05) is 31.2 Å². The van der Waals surface area contributed by atoms with Crippen molar-refractivity contribution in [3.8, 4) is 17.1 Å². The van der Waals surface area contributed by atoms with E-state index in [1.165, 1.54) is 23.0 Å². The SMILES string of the molecule is COc1ccc(NC(=O)C2CCN(Cc3nc(-c4ccc(C)cc4)no3)CC2)cc1S(=O)(=O)N1CCOCC1. The number of rotatable bonds is 8. The minimum absolute atomic E-state index is 0.0316. The molecule has 11 nitrogen and oxygen atoms in total. The van der Waals surface area contributed by atoms with Gasteiger partial charge in [-0.1, -0.05) is 35.0 Å². The average Bonchev–Trinajstić information content (AvgIpc) is 3.42. The summed E-state index contributed by atoms with van der Waals surface area (Å²) in [7, 11) is -2.36. The number of aromatic nitrogens is 2. The lowest BCUT2D eigenvalue weighted by Crippen LogP contribution is -2.40. The number of sulfonamides is 1. The lowest BCUT2D eigenvalue weighted by atomic mass is 9.96. The Balaban J connectivity index is 1.17. The van der Waals surface area contributed by atoms with Crippen molar-refractivity contribution in [3.05, 3.63) is 53.9 Å². The summed E-state index contributed by atoms with van der Waals surface area (Å²) in [5, 5.41) is 7.01. The highest BCUT2D eigenvalue weighted by Gasteiger charge is 2.31. The normalized spacial score (nSPS) is 17.7. The molecular formula is C27H33N5O6S. The molecule has 2 aliphatic heterocycles. The van der Waals surface area contributed by atoms with E-state index in [4.69, 9.17) is 14.0 Å². The van der Waals surface area contributed by atoms with Gasteiger partial charge in [-0.25, -0.2) is 8.42 Å². The van der Waals surface area contributed by atoms with Crippen LogP contribution in [0.25, 0.3) is 11.4 Å². The molecule has 0 unspecified atom stereocenters. The van der Waals surface area contributed by atoms with Crippen LogP contribution in [0.5, 0.6) is 5.75 Å². The molecule has 0 atom stereocenters. The highest BCUT2D eigenvalue weighted by molar-refractivity contribution is 7.89. The van der Waals surface area contributed by atoms with Crippen LogP contribution in [0.4, 0.5) is 5.69 Å². The largest absolute Gasteiger partial charge is 0.495 e. The standard InChI is InChI=1S/C27H33N5O6S/c1-19-3-5-20(6-4-19)26-29-25(38-30-26)18-31-11-9-21(10-12-31)27(33)28-22-7-8-23(36-2)24(17-22)39(34,35)32-13-15-37-16-14-32/h3-8,17,21H,9-16,18H2,1-2H3,(H,28,33). The fraction of sp³-hybridized carbons (Fsp3) is 0.444. The van der Waals surface area contributed by atoms with E-state index in [9.17, 15) is 13.2 Å². The van der Waals surface area contributed by atoms with Gasteiger partial charge >= 0.3 is 0 Å². The smallest absolute Gasteiger partial charge is 0.246 e. The number of piperidine rings is 1. The summed E-state index contributed by atoms with van der Waals surface area (Å²) in [5.41, 5.74) is 2.50. The Hall–Kier alpha value is -3.32. The average molecular weight is 556 g/mol. The fourth-order valence-corrected chi connectivity index (χ4v) is 6.40. The number of likely N-dealkylation sites (tertiary alicyclic amines) is 1. The lowest BCUT2D eigenvalue weighted by Gasteiger charge is -2.30. The number of aryl methyl sites for hydroxylation is 1. The van der Waals surface area contributed by atoms with Crippen LogP contribution in [0, 0.1) is 12.8 Å². The van der Waals surface area contributed by atoms with E-state index in [0.29, 0.717) is 63.1 Å². The van der Waals surface area contributed by atoms with E-state index in [-0.39, 0.29) is 35.6 Å². The fourth-order valence-electron chi connectivity index (χ4n) is 4.81. The van der Waals surface area contributed by atoms with Crippen molar-refractivity contribution in [2.75, 3.05) is 51.8 Å². The predicted octanol–water partition coefficient (Wildman–Crippen LogP) is 2.93. The summed E-state index contributed by atoms with van der Waals surface area (Å²) in [6.45, 7) is 5.21. The highest BCUT2D eigenvalue weighted by atomic mass is 32.2. The molecule has 2 saturated heterocycles. The maximum Gasteiger partial charge on any atom is 0.246 e. The first kappa shape index (κ1) is 27.3. The van der Waals surface area contributed by atoms with Crippen molar-refractivity contribution in [1.29, 1.82) is 0 Å². The molecule has 0 saturated carbocycles. The van der Waals surface area contributed by atoms with Gasteiger partial charge < -0.3 is 19.3 Å². The molecular weight excluding hydrogens is 522 g/mol. The molecule has 1 aromatic heterocycles. The van der Waals surface area contributed by atoms with Gasteiger partial charge in [0.25, 0.3) is 0 Å². The Bertz CT molecular complexity index is 1390. The van der Waals surface area contributed by atoms with Gasteiger partial charge in [-0.3, -0.25) is 9.69 Å². The molecule has 12 heteroatoms. The molecule has 1 amide bonds. The van der Waals surface area contributed by atoms with Gasteiger partial charge in [0.05, 0.1) is 26.9 Å². The van der Waals surface area contributed by atoms with Crippen LogP contribution in [0.2, 0.25) is 0 Å². The summed E-state index contributed by atoms with van der Waals surface area (Å²) in [6, 6.07) is 12.7. The third-order valence-electron chi connectivity index (χ3n) is 7.11. The summed E-state index contributed by atoms with van der Waals surface area (Å²) in [5.74, 6) is 1.02.